The van der Waals surface area contributed by atoms with Crippen LogP contribution in [-0.2, 0) is 9.59 Å². The fourth-order valence-electron chi connectivity index (χ4n) is 5.34. The third-order valence-electron chi connectivity index (χ3n) is 7.12. The van der Waals surface area contributed by atoms with Crippen molar-refractivity contribution >= 4 is 11.8 Å². The maximum Gasteiger partial charge on any atom is 0.226 e. The molecule has 1 aliphatic carbocycles. The van der Waals surface area contributed by atoms with E-state index in [9.17, 15) is 14.7 Å². The lowest BCUT2D eigenvalue weighted by Crippen LogP contribution is -2.86. The number of nitrogens with zero attached hydrogens (tertiary/aromatic N) is 3. The van der Waals surface area contributed by atoms with E-state index < -0.39 is 5.54 Å². The summed E-state index contributed by atoms with van der Waals surface area (Å²) >= 11 is 0. The van der Waals surface area contributed by atoms with Crippen LogP contribution in [0.15, 0.2) is 48.5 Å². The van der Waals surface area contributed by atoms with Crippen LogP contribution in [0.3, 0.4) is 0 Å². The molecule has 0 aromatic heterocycles. The zero-order valence-corrected chi connectivity index (χ0v) is 17.5. The van der Waals surface area contributed by atoms with Crippen LogP contribution >= 0.6 is 0 Å². The van der Waals surface area contributed by atoms with Crippen LogP contribution in [0, 0.1) is 17.2 Å². The topological polar surface area (TPSA) is 84.6 Å². The molecule has 6 nitrogen and oxygen atoms in total. The fourth-order valence-corrected chi connectivity index (χ4v) is 5.34. The lowest BCUT2D eigenvalue weighted by Gasteiger charge is -2.70. The molecule has 158 valence electrons. The van der Waals surface area contributed by atoms with Crippen molar-refractivity contribution in [2.24, 2.45) is 5.92 Å². The van der Waals surface area contributed by atoms with Crippen molar-refractivity contribution in [1.29, 1.82) is 5.26 Å². The van der Waals surface area contributed by atoms with Gasteiger partial charge in [0.25, 0.3) is 0 Å². The number of nitriles is 1. The fraction of sp³-hybridized carbons (Fsp3) is 0.400. The van der Waals surface area contributed by atoms with E-state index in [0.717, 1.165) is 29.5 Å². The van der Waals surface area contributed by atoms with Gasteiger partial charge in [-0.1, -0.05) is 36.4 Å². The zero-order chi connectivity index (χ0) is 21.8. The zero-order valence-electron chi connectivity index (χ0n) is 17.5. The number of amides is 2. The Morgan fingerprint density at radius 1 is 1.06 bits per heavy atom. The van der Waals surface area contributed by atoms with E-state index in [1.807, 2.05) is 29.2 Å². The molecule has 1 spiro atoms. The Morgan fingerprint density at radius 3 is 2.13 bits per heavy atom. The number of benzene rings is 2. The Labute approximate surface area is 181 Å². The van der Waals surface area contributed by atoms with Crippen LogP contribution in [0.25, 0.3) is 11.1 Å². The summed E-state index contributed by atoms with van der Waals surface area (Å²) in [4.78, 5) is 28.5. The first kappa shape index (κ1) is 19.8. The second kappa shape index (κ2) is 7.21. The lowest BCUT2D eigenvalue weighted by molar-refractivity contribution is -0.203. The molecule has 0 unspecified atom stereocenters. The smallest absolute Gasteiger partial charge is 0.226 e. The third kappa shape index (κ3) is 3.03. The predicted molar refractivity (Wildman–Crippen MR) is 115 cm³/mol. The van der Waals surface area contributed by atoms with Crippen molar-refractivity contribution in [3.05, 3.63) is 59.7 Å². The van der Waals surface area contributed by atoms with Gasteiger partial charge in [-0.2, -0.15) is 5.26 Å². The summed E-state index contributed by atoms with van der Waals surface area (Å²) in [5.74, 6) is 0.238. The molecule has 2 aliphatic heterocycles. The van der Waals surface area contributed by atoms with Gasteiger partial charge < -0.3 is 14.9 Å². The Morgan fingerprint density at radius 2 is 1.65 bits per heavy atom. The summed E-state index contributed by atoms with van der Waals surface area (Å²) in [6.07, 6.45) is 1.84. The van der Waals surface area contributed by atoms with Gasteiger partial charge in [-0.3, -0.25) is 9.59 Å². The first-order valence-corrected chi connectivity index (χ1v) is 10.8. The van der Waals surface area contributed by atoms with Gasteiger partial charge in [0.05, 0.1) is 29.8 Å². The third-order valence-corrected chi connectivity index (χ3v) is 7.12. The van der Waals surface area contributed by atoms with Crippen LogP contribution in [0.4, 0.5) is 0 Å². The number of aliphatic hydroxyl groups excluding tert-OH is 1. The molecule has 2 aromatic rings. The van der Waals surface area contributed by atoms with Gasteiger partial charge >= 0.3 is 0 Å². The largest absolute Gasteiger partial charge is 0.394 e. The molecule has 0 bridgehead atoms. The molecule has 31 heavy (non-hydrogen) atoms. The molecule has 2 heterocycles. The van der Waals surface area contributed by atoms with Gasteiger partial charge in [-0.05, 0) is 41.7 Å². The van der Waals surface area contributed by atoms with Crippen molar-refractivity contribution in [3.63, 3.8) is 0 Å². The Hall–Kier alpha value is -3.17. The SMILES string of the molecule is CC(=O)N1CC2(C1)[C@H](c1ccc(-c3ccc(C#N)cc3)cc1)[C@H](CO)N2C(=O)C1CC1. The monoisotopic (exact) mass is 415 g/mol. The Bertz CT molecular complexity index is 1060. The van der Waals surface area contributed by atoms with Crippen molar-refractivity contribution in [3.8, 4) is 17.2 Å². The van der Waals surface area contributed by atoms with E-state index >= 15 is 0 Å². The van der Waals surface area contributed by atoms with Crippen LogP contribution in [0.1, 0.15) is 36.8 Å². The summed E-state index contributed by atoms with van der Waals surface area (Å²) < 4.78 is 0. The number of carbonyl (C=O) groups is 2. The Kier molecular flexibility index (Phi) is 4.60. The number of hydrogen-bond donors (Lipinski definition) is 1. The molecule has 3 aliphatic rings. The molecule has 6 heteroatoms. The van der Waals surface area contributed by atoms with E-state index in [0.29, 0.717) is 18.7 Å². The molecule has 3 fully saturated rings. The summed E-state index contributed by atoms with van der Waals surface area (Å²) in [5.41, 5.74) is 3.38. The maximum absolute atomic E-state index is 13.0. The molecule has 1 saturated carbocycles. The molecule has 2 atom stereocenters. The number of aliphatic hydroxyl groups is 1. The highest BCUT2D eigenvalue weighted by Gasteiger charge is 2.68. The molecule has 5 rings (SSSR count). The molecule has 2 saturated heterocycles. The van der Waals surface area contributed by atoms with Gasteiger partial charge in [-0.25, -0.2) is 0 Å². The first-order chi connectivity index (χ1) is 15.0. The molecular formula is C25H25N3O3. The molecule has 0 radical (unpaired) electrons. The standard InChI is InChI=1S/C25H25N3O3/c1-16(30)27-14-25(15-27)23(22(13-29)28(25)24(31)21-10-11-21)20-8-6-19(7-9-20)18-4-2-17(12-26)3-5-18/h2-9,21-23,29H,10-11,13-15H2,1H3/t22-,23+/m0/s1. The van der Waals surface area contributed by atoms with Crippen molar-refractivity contribution in [2.45, 2.75) is 37.3 Å². The van der Waals surface area contributed by atoms with Crippen LogP contribution in [0.2, 0.25) is 0 Å². The number of carbonyl (C=O) groups excluding carboxylic acids is 2. The van der Waals surface area contributed by atoms with Crippen LogP contribution < -0.4 is 0 Å². The summed E-state index contributed by atoms with van der Waals surface area (Å²) in [7, 11) is 0. The van der Waals surface area contributed by atoms with E-state index in [4.69, 9.17) is 5.26 Å². The second-order valence-corrected chi connectivity index (χ2v) is 9.00. The summed E-state index contributed by atoms with van der Waals surface area (Å²) in [6.45, 7) is 2.53. The lowest BCUT2D eigenvalue weighted by atomic mass is 9.60. The van der Waals surface area contributed by atoms with Crippen molar-refractivity contribution in [2.75, 3.05) is 19.7 Å². The molecule has 2 aromatic carbocycles. The average molecular weight is 415 g/mol. The summed E-state index contributed by atoms with van der Waals surface area (Å²) in [6, 6.07) is 17.6. The first-order valence-electron chi connectivity index (χ1n) is 10.8. The van der Waals surface area contributed by atoms with Crippen LogP contribution in [0.5, 0.6) is 0 Å². The van der Waals surface area contributed by atoms with E-state index in [1.165, 1.54) is 0 Å². The van der Waals surface area contributed by atoms with Crippen LogP contribution in [-0.4, -0.2) is 58.0 Å². The highest BCUT2D eigenvalue weighted by atomic mass is 16.3. The highest BCUT2D eigenvalue weighted by Crippen LogP contribution is 2.55. The van der Waals surface area contributed by atoms with Crippen molar-refractivity contribution < 1.29 is 14.7 Å². The minimum Gasteiger partial charge on any atom is -0.394 e. The highest BCUT2D eigenvalue weighted by molar-refractivity contribution is 5.85. The maximum atomic E-state index is 13.0. The minimum atomic E-state index is -0.408. The van der Waals surface area contributed by atoms with Gasteiger partial charge in [0.15, 0.2) is 0 Å². The number of rotatable bonds is 4. The normalized spacial score (nSPS) is 23.6. The van der Waals surface area contributed by atoms with E-state index in [2.05, 4.69) is 18.2 Å². The molecule has 1 N–H and O–H groups in total. The quantitative estimate of drug-likeness (QED) is 0.832. The second-order valence-electron chi connectivity index (χ2n) is 9.00. The van der Waals surface area contributed by atoms with E-state index in [-0.39, 0.29) is 36.3 Å². The van der Waals surface area contributed by atoms with Gasteiger partial charge in [0.1, 0.15) is 0 Å². The number of likely N-dealkylation sites (tertiary alicyclic amines) is 2. The molecule has 2 amide bonds. The predicted octanol–water partition coefficient (Wildman–Crippen LogP) is 2.52. The minimum absolute atomic E-state index is 0.00538. The van der Waals surface area contributed by atoms with Gasteiger partial charge in [0, 0.05) is 31.8 Å². The summed E-state index contributed by atoms with van der Waals surface area (Å²) in [5, 5.41) is 19.1. The van der Waals surface area contributed by atoms with Gasteiger partial charge in [0.2, 0.25) is 11.8 Å². The molecular weight excluding hydrogens is 390 g/mol. The van der Waals surface area contributed by atoms with Gasteiger partial charge in [-0.15, -0.1) is 0 Å². The van der Waals surface area contributed by atoms with E-state index in [1.54, 1.807) is 24.0 Å². The van der Waals surface area contributed by atoms with Crippen molar-refractivity contribution in [1.82, 2.24) is 9.80 Å². The average Bonchev–Trinajstić information content (AvgIpc) is 3.58. The number of hydrogen-bond acceptors (Lipinski definition) is 4. The Balaban J connectivity index is 1.44.